The molecule has 1 aliphatic heterocycles. The molecule has 3 aromatic rings. The van der Waals surface area contributed by atoms with Crippen LogP contribution < -0.4 is 9.64 Å². The number of anilines is 1. The van der Waals surface area contributed by atoms with Crippen LogP contribution in [0.5, 0.6) is 5.75 Å². The molecule has 37 heavy (non-hydrogen) atoms. The molecule has 1 aliphatic rings. The Morgan fingerprint density at radius 3 is 2.19 bits per heavy atom. The minimum absolute atomic E-state index is 0.163. The van der Waals surface area contributed by atoms with Crippen LogP contribution in [0, 0.1) is 0 Å². The van der Waals surface area contributed by atoms with Crippen molar-refractivity contribution in [2.75, 3.05) is 11.5 Å². The molecule has 0 N–H and O–H groups in total. The van der Waals surface area contributed by atoms with Crippen molar-refractivity contribution in [1.29, 1.82) is 0 Å². The average Bonchev–Trinajstić information content (AvgIpc) is 3.16. The van der Waals surface area contributed by atoms with Crippen molar-refractivity contribution in [3.05, 3.63) is 90.1 Å². The molecule has 9 heteroatoms. The largest absolute Gasteiger partial charge is 0.491 e. The topological polar surface area (TPSA) is 41.9 Å². The van der Waals surface area contributed by atoms with Gasteiger partial charge in [0.15, 0.2) is 5.17 Å². The molecule has 0 atom stereocenters. The monoisotopic (exact) mass is 680 g/mol. The van der Waals surface area contributed by atoms with Gasteiger partial charge in [-0.15, -0.1) is 0 Å². The Labute approximate surface area is 248 Å². The second-order valence-electron chi connectivity index (χ2n) is 8.32. The van der Waals surface area contributed by atoms with Crippen LogP contribution in [0.4, 0.5) is 11.4 Å². The number of carbonyl (C=O) groups is 1. The highest BCUT2D eigenvalue weighted by molar-refractivity contribution is 9.11. The van der Waals surface area contributed by atoms with Crippen LogP contribution in [-0.2, 0) is 4.79 Å². The second-order valence-corrected chi connectivity index (χ2v) is 11.9. The third-order valence-corrected chi connectivity index (χ3v) is 8.16. The second kappa shape index (κ2) is 13.3. The minimum Gasteiger partial charge on any atom is -0.491 e. The molecule has 1 saturated heterocycles. The Hall–Kier alpha value is -1.77. The Morgan fingerprint density at radius 2 is 1.57 bits per heavy atom. The van der Waals surface area contributed by atoms with Gasteiger partial charge in [0, 0.05) is 10.0 Å². The van der Waals surface area contributed by atoms with Crippen molar-refractivity contribution in [3.8, 4) is 5.75 Å². The van der Waals surface area contributed by atoms with Gasteiger partial charge in [-0.05, 0) is 122 Å². The van der Waals surface area contributed by atoms with Gasteiger partial charge in [-0.25, -0.2) is 4.99 Å². The fourth-order valence-corrected chi connectivity index (χ4v) is 6.35. The maximum Gasteiger partial charge on any atom is 0.271 e. The zero-order valence-electron chi connectivity index (χ0n) is 20.0. The lowest BCUT2D eigenvalue weighted by Crippen LogP contribution is -2.28. The molecule has 0 aromatic heterocycles. The van der Waals surface area contributed by atoms with Crippen LogP contribution in [-0.4, -0.2) is 17.7 Å². The number of rotatable bonds is 9. The number of ether oxygens (including phenoxy) is 1. The van der Waals surface area contributed by atoms with Gasteiger partial charge in [0.1, 0.15) is 5.75 Å². The molecule has 192 valence electrons. The summed E-state index contributed by atoms with van der Waals surface area (Å²) >= 11 is 20.7. The minimum atomic E-state index is -0.163. The molecule has 4 nitrogen and oxygen atoms in total. The Bertz CT molecular complexity index is 1310. The molecular weight excluding hydrogens is 659 g/mol. The van der Waals surface area contributed by atoms with E-state index in [-0.39, 0.29) is 5.91 Å². The first-order chi connectivity index (χ1) is 17.9. The summed E-state index contributed by atoms with van der Waals surface area (Å²) in [5.74, 6) is 0.598. The highest BCUT2D eigenvalue weighted by Gasteiger charge is 2.35. The standard InChI is InChI=1S/C28H24Br2Cl2N2O2S/c1-2-3-4-5-14-36-26-23(29)15-18(16-24(26)30)17-25-27(35)34(22-12-8-20(32)9-13-22)28(37-25)33-21-10-6-19(31)7-11-21/h6-13,15-17H,2-5,14H2,1H3/b25-17+,33-28?. The van der Waals surface area contributed by atoms with Crippen LogP contribution in [0.3, 0.4) is 0 Å². The first-order valence-corrected chi connectivity index (χ1v) is 15.0. The average molecular weight is 683 g/mol. The molecular formula is C28H24Br2Cl2N2O2S. The van der Waals surface area contributed by atoms with Gasteiger partial charge in [0.2, 0.25) is 0 Å². The summed E-state index contributed by atoms with van der Waals surface area (Å²) in [6.07, 6.45) is 6.43. The molecule has 3 aromatic carbocycles. The molecule has 0 aliphatic carbocycles. The molecule has 0 bridgehead atoms. The van der Waals surface area contributed by atoms with Gasteiger partial charge in [0.25, 0.3) is 5.91 Å². The van der Waals surface area contributed by atoms with Crippen LogP contribution >= 0.6 is 66.8 Å². The summed E-state index contributed by atoms with van der Waals surface area (Å²) in [4.78, 5) is 20.5. The molecule has 1 fully saturated rings. The predicted octanol–water partition coefficient (Wildman–Crippen LogP) is 10.3. The first kappa shape index (κ1) is 28.2. The van der Waals surface area contributed by atoms with E-state index in [9.17, 15) is 4.79 Å². The molecule has 0 unspecified atom stereocenters. The van der Waals surface area contributed by atoms with E-state index in [1.54, 1.807) is 41.3 Å². The predicted molar refractivity (Wildman–Crippen MR) is 165 cm³/mol. The van der Waals surface area contributed by atoms with Crippen molar-refractivity contribution < 1.29 is 9.53 Å². The number of unbranched alkanes of at least 4 members (excludes halogenated alkanes) is 3. The molecule has 1 amide bonds. The SMILES string of the molecule is CCCCCCOc1c(Br)cc(/C=C2/SC(=Nc3ccc(Cl)cc3)N(c3ccc(Cl)cc3)C2=O)cc1Br. The highest BCUT2D eigenvalue weighted by Crippen LogP contribution is 2.40. The Kier molecular flexibility index (Phi) is 10.2. The van der Waals surface area contributed by atoms with E-state index in [1.165, 1.54) is 24.6 Å². The number of aliphatic imine (C=N–C) groups is 1. The van der Waals surface area contributed by atoms with Crippen molar-refractivity contribution in [2.24, 2.45) is 4.99 Å². The summed E-state index contributed by atoms with van der Waals surface area (Å²) in [6.45, 7) is 2.85. The smallest absolute Gasteiger partial charge is 0.271 e. The lowest BCUT2D eigenvalue weighted by atomic mass is 10.2. The van der Waals surface area contributed by atoms with Crippen molar-refractivity contribution >= 4 is 95.3 Å². The normalized spacial score (nSPS) is 15.7. The number of amidine groups is 1. The third-order valence-electron chi connectivity index (χ3n) is 5.51. The summed E-state index contributed by atoms with van der Waals surface area (Å²) in [5, 5.41) is 1.77. The van der Waals surface area contributed by atoms with Crippen LogP contribution in [0.15, 0.2) is 79.5 Å². The van der Waals surface area contributed by atoms with E-state index in [4.69, 9.17) is 32.9 Å². The van der Waals surface area contributed by atoms with Gasteiger partial charge >= 0.3 is 0 Å². The van der Waals surface area contributed by atoms with Gasteiger partial charge in [-0.3, -0.25) is 9.69 Å². The molecule has 0 spiro atoms. The lowest BCUT2D eigenvalue weighted by Gasteiger charge is -2.15. The number of hydrogen-bond acceptors (Lipinski definition) is 4. The van der Waals surface area contributed by atoms with E-state index in [0.717, 1.165) is 33.1 Å². The number of hydrogen-bond donors (Lipinski definition) is 0. The Balaban J connectivity index is 1.63. The molecule has 1 heterocycles. The maximum absolute atomic E-state index is 13.6. The van der Waals surface area contributed by atoms with E-state index in [1.807, 2.05) is 30.3 Å². The number of nitrogens with zero attached hydrogens (tertiary/aromatic N) is 2. The molecule has 4 rings (SSSR count). The van der Waals surface area contributed by atoms with Gasteiger partial charge < -0.3 is 4.74 Å². The number of amides is 1. The van der Waals surface area contributed by atoms with E-state index in [2.05, 4.69) is 38.8 Å². The fraction of sp³-hybridized carbons (Fsp3) is 0.214. The molecule has 0 radical (unpaired) electrons. The van der Waals surface area contributed by atoms with Gasteiger partial charge in [-0.1, -0.05) is 49.4 Å². The highest BCUT2D eigenvalue weighted by atomic mass is 79.9. The van der Waals surface area contributed by atoms with Gasteiger partial charge in [0.05, 0.1) is 31.8 Å². The van der Waals surface area contributed by atoms with Crippen molar-refractivity contribution in [3.63, 3.8) is 0 Å². The van der Waals surface area contributed by atoms with E-state index < -0.39 is 0 Å². The summed E-state index contributed by atoms with van der Waals surface area (Å²) in [5.41, 5.74) is 2.25. The Morgan fingerprint density at radius 1 is 0.946 bits per heavy atom. The summed E-state index contributed by atoms with van der Waals surface area (Å²) in [7, 11) is 0. The van der Waals surface area contributed by atoms with E-state index in [0.29, 0.717) is 38.1 Å². The van der Waals surface area contributed by atoms with Crippen LogP contribution in [0.2, 0.25) is 10.0 Å². The zero-order valence-corrected chi connectivity index (χ0v) is 25.5. The number of benzene rings is 3. The van der Waals surface area contributed by atoms with Gasteiger partial charge in [-0.2, -0.15) is 0 Å². The number of carbonyl (C=O) groups excluding carboxylic acids is 1. The third kappa shape index (κ3) is 7.42. The quantitative estimate of drug-likeness (QED) is 0.167. The zero-order chi connectivity index (χ0) is 26.4. The van der Waals surface area contributed by atoms with Crippen LogP contribution in [0.25, 0.3) is 6.08 Å². The maximum atomic E-state index is 13.6. The fourth-order valence-electron chi connectivity index (χ4n) is 3.65. The first-order valence-electron chi connectivity index (χ1n) is 11.8. The van der Waals surface area contributed by atoms with Crippen molar-refractivity contribution in [1.82, 2.24) is 0 Å². The van der Waals surface area contributed by atoms with Crippen LogP contribution in [0.1, 0.15) is 38.2 Å². The lowest BCUT2D eigenvalue weighted by molar-refractivity contribution is -0.113. The van der Waals surface area contributed by atoms with Crippen molar-refractivity contribution in [2.45, 2.75) is 32.6 Å². The summed E-state index contributed by atoms with van der Waals surface area (Å²) < 4.78 is 7.65. The number of thioether (sulfide) groups is 1. The van der Waals surface area contributed by atoms with E-state index >= 15 is 0 Å². The summed E-state index contributed by atoms with van der Waals surface area (Å²) in [6, 6.07) is 18.2. The molecule has 0 saturated carbocycles. The number of halogens is 4.